The van der Waals surface area contributed by atoms with Crippen molar-refractivity contribution in [3.8, 4) is 11.5 Å². The van der Waals surface area contributed by atoms with Gasteiger partial charge < -0.3 is 80.3 Å². The number of hydrogen-bond acceptors (Lipinski definition) is 17. The number of aromatic hydroxyl groups is 2. The van der Waals surface area contributed by atoms with Crippen molar-refractivity contribution in [2.45, 2.75) is 83.0 Å². The molecule has 23 nitrogen and oxygen atoms in total. The number of aldehydes is 1. The van der Waals surface area contributed by atoms with Gasteiger partial charge in [0.25, 0.3) is 0 Å². The van der Waals surface area contributed by atoms with Crippen LogP contribution in [0.4, 0.5) is 0 Å². The lowest BCUT2D eigenvalue weighted by Crippen LogP contribution is -2.56. The Morgan fingerprint density at radius 1 is 0.642 bits per heavy atom. The minimum Gasteiger partial charge on any atom is -0.508 e. The molecule has 0 saturated heterocycles. The van der Waals surface area contributed by atoms with E-state index >= 15 is 0 Å². The zero-order valence-electron chi connectivity index (χ0n) is 46.3. The Morgan fingerprint density at radius 3 is 1.63 bits per heavy atom. The zero-order valence-corrected chi connectivity index (χ0v) is 48.7. The van der Waals surface area contributed by atoms with E-state index in [2.05, 4.69) is 43.0 Å². The van der Waals surface area contributed by atoms with Crippen LogP contribution in [0.3, 0.4) is 0 Å². The summed E-state index contributed by atoms with van der Waals surface area (Å²) >= 11 is 5.94. The second-order valence-corrected chi connectivity index (χ2v) is 20.2. The van der Waals surface area contributed by atoms with Crippen molar-refractivity contribution in [3.05, 3.63) is 130 Å². The monoisotopic (exact) mass is 1190 g/mol. The van der Waals surface area contributed by atoms with Crippen LogP contribution in [0.5, 0.6) is 11.5 Å². The number of benzene rings is 4. The van der Waals surface area contributed by atoms with E-state index in [-0.39, 0.29) is 73.9 Å². The van der Waals surface area contributed by atoms with Gasteiger partial charge in [-0.2, -0.15) is 0 Å². The van der Waals surface area contributed by atoms with Crippen molar-refractivity contribution in [2.75, 3.05) is 58.9 Å². The van der Waals surface area contributed by atoms with Gasteiger partial charge in [-0.25, -0.2) is 0 Å². The highest BCUT2D eigenvalue weighted by Crippen LogP contribution is 2.19. The minimum atomic E-state index is -1.15. The summed E-state index contributed by atoms with van der Waals surface area (Å²) in [6.07, 6.45) is 4.70. The SMILES string of the molecule is CCO.CN.CNCC(=O)NC(Cc1ccc(O)cc1)C(N)=O.CSSCC(NC(=O)CCc1ccc(Cl)cc1)C(=O)NC(Cc1ccc(O)cc1)C(=O)NCC(=O)NC(CCCCN)C(=O)NCC=O.Cc1ccc(C(N)=O)cc1. The van der Waals surface area contributed by atoms with Crippen molar-refractivity contribution >= 4 is 86.7 Å². The molecule has 0 fully saturated rings. The molecule has 18 N–H and O–H groups in total. The number of phenols is 2. The zero-order chi connectivity index (χ0) is 61.1. The number of aliphatic hydroxyl groups excluding tert-OH is 1. The number of aliphatic hydroxyl groups is 1. The number of hydrogen-bond donors (Lipinski definition) is 14. The van der Waals surface area contributed by atoms with Crippen molar-refractivity contribution in [1.82, 2.24) is 37.2 Å². The van der Waals surface area contributed by atoms with Crippen LogP contribution < -0.4 is 60.2 Å². The van der Waals surface area contributed by atoms with Gasteiger partial charge in [-0.1, -0.05) is 87.3 Å². The highest BCUT2D eigenvalue weighted by atomic mass is 35.5. The molecule has 0 aliphatic rings. The molecule has 0 bridgehead atoms. The van der Waals surface area contributed by atoms with Crippen LogP contribution in [0.2, 0.25) is 5.02 Å². The lowest BCUT2D eigenvalue weighted by molar-refractivity contribution is -0.132. The average molecular weight is 1190 g/mol. The number of likely N-dealkylation sites (N-methyl/N-ethyl adjacent to an activating group) is 1. The molecule has 0 radical (unpaired) electrons. The van der Waals surface area contributed by atoms with E-state index in [1.54, 1.807) is 62.5 Å². The van der Waals surface area contributed by atoms with Gasteiger partial charge in [0.15, 0.2) is 0 Å². The lowest BCUT2D eigenvalue weighted by atomic mass is 10.0. The van der Waals surface area contributed by atoms with E-state index in [1.807, 2.05) is 37.4 Å². The summed E-state index contributed by atoms with van der Waals surface area (Å²) in [5.74, 6) is -3.67. The van der Waals surface area contributed by atoms with Crippen LogP contribution >= 0.6 is 33.2 Å². The Hall–Kier alpha value is -7.26. The average Bonchev–Trinajstić information content (AvgIpc) is 3.45. The molecular weight excluding hydrogens is 1110 g/mol. The number of primary amides is 2. The summed E-state index contributed by atoms with van der Waals surface area (Å²) in [5.41, 5.74) is 24.3. The smallest absolute Gasteiger partial charge is 0.248 e. The third-order valence-electron chi connectivity index (χ3n) is 10.7. The van der Waals surface area contributed by atoms with Gasteiger partial charge in [-0.15, -0.1) is 0 Å². The van der Waals surface area contributed by atoms with Gasteiger partial charge in [-0.3, -0.25) is 38.4 Å². The highest BCUT2D eigenvalue weighted by Gasteiger charge is 2.28. The van der Waals surface area contributed by atoms with Crippen molar-refractivity contribution in [2.24, 2.45) is 22.9 Å². The van der Waals surface area contributed by atoms with Gasteiger partial charge in [0.05, 0.1) is 19.6 Å². The van der Waals surface area contributed by atoms with Crippen LogP contribution in [-0.2, 0) is 57.6 Å². The molecule has 4 unspecified atom stereocenters. The molecule has 4 atom stereocenters. The molecular formula is C55H80ClN11O12S2. The van der Waals surface area contributed by atoms with Gasteiger partial charge in [-0.05, 0) is 132 Å². The number of amides is 8. The predicted molar refractivity (Wildman–Crippen MR) is 318 cm³/mol. The number of phenolic OH excluding ortho intramolecular Hbond substituents is 2. The van der Waals surface area contributed by atoms with Crippen molar-refractivity contribution in [3.63, 3.8) is 0 Å². The van der Waals surface area contributed by atoms with E-state index in [1.165, 1.54) is 52.9 Å². The van der Waals surface area contributed by atoms with E-state index in [4.69, 9.17) is 39.0 Å². The maximum atomic E-state index is 13.5. The Morgan fingerprint density at radius 2 is 1.14 bits per heavy atom. The molecule has 26 heteroatoms. The maximum Gasteiger partial charge on any atom is 0.248 e. The molecule has 0 aliphatic heterocycles. The largest absolute Gasteiger partial charge is 0.508 e. The first-order valence-corrected chi connectivity index (χ1v) is 28.6. The maximum absolute atomic E-state index is 13.5. The predicted octanol–water partition coefficient (Wildman–Crippen LogP) is 1.04. The fourth-order valence-electron chi connectivity index (χ4n) is 6.62. The summed E-state index contributed by atoms with van der Waals surface area (Å²) in [6, 6.07) is 22.9. The van der Waals surface area contributed by atoms with Gasteiger partial charge in [0.1, 0.15) is 42.0 Å². The van der Waals surface area contributed by atoms with Gasteiger partial charge in [0.2, 0.25) is 47.3 Å². The number of nitrogens with one attached hydrogen (secondary N) is 7. The second-order valence-electron chi connectivity index (χ2n) is 17.1. The van der Waals surface area contributed by atoms with E-state index in [9.17, 15) is 48.3 Å². The molecule has 4 rings (SSSR count). The molecule has 0 aliphatic carbocycles. The third-order valence-corrected chi connectivity index (χ3v) is 12.7. The number of carbonyl (C=O) groups is 9. The first kappa shape index (κ1) is 73.7. The summed E-state index contributed by atoms with van der Waals surface area (Å²) in [6.45, 7) is 3.72. The quantitative estimate of drug-likeness (QED) is 0.0205. The summed E-state index contributed by atoms with van der Waals surface area (Å²) in [5, 5.41) is 45.2. The molecule has 4 aromatic rings. The summed E-state index contributed by atoms with van der Waals surface area (Å²) in [4.78, 5) is 109. The number of carbonyl (C=O) groups excluding carboxylic acids is 9. The molecule has 446 valence electrons. The Bertz CT molecular complexity index is 2500. The number of unbranched alkanes of at least 4 members (excludes halogenated alkanes) is 1. The molecule has 4 aromatic carbocycles. The summed E-state index contributed by atoms with van der Waals surface area (Å²) < 4.78 is 0. The van der Waals surface area contributed by atoms with E-state index in [0.717, 1.165) is 16.7 Å². The highest BCUT2D eigenvalue weighted by molar-refractivity contribution is 8.76. The van der Waals surface area contributed by atoms with Crippen LogP contribution in [-0.4, -0.2) is 152 Å². The van der Waals surface area contributed by atoms with Gasteiger partial charge >= 0.3 is 0 Å². The molecule has 81 heavy (non-hydrogen) atoms. The first-order valence-electron chi connectivity index (χ1n) is 25.5. The van der Waals surface area contributed by atoms with Crippen LogP contribution in [0.1, 0.15) is 65.2 Å². The normalized spacial score (nSPS) is 11.5. The molecule has 8 amide bonds. The van der Waals surface area contributed by atoms with Crippen LogP contribution in [0.25, 0.3) is 0 Å². The number of rotatable bonds is 29. The number of nitrogens with two attached hydrogens (primary N) is 4. The van der Waals surface area contributed by atoms with E-state index in [0.29, 0.717) is 54.7 Å². The minimum absolute atomic E-state index is 0.0161. The Kier molecular flexibility index (Phi) is 40.5. The topological polar surface area (TPSA) is 403 Å². The Labute approximate surface area is 486 Å². The number of halogens is 1. The molecule has 0 saturated carbocycles. The first-order chi connectivity index (χ1) is 38.7. The fourth-order valence-corrected chi connectivity index (χ4v) is 8.07. The van der Waals surface area contributed by atoms with Crippen molar-refractivity contribution < 1.29 is 58.5 Å². The fraction of sp³-hybridized carbons (Fsp3) is 0.400. The molecule has 0 spiro atoms. The van der Waals surface area contributed by atoms with Crippen LogP contribution in [0.15, 0.2) is 97.1 Å². The van der Waals surface area contributed by atoms with Gasteiger partial charge in [0, 0.05) is 42.2 Å². The lowest BCUT2D eigenvalue weighted by Gasteiger charge is -2.23. The van der Waals surface area contributed by atoms with Crippen molar-refractivity contribution in [1.29, 1.82) is 0 Å². The standard InChI is InChI=1S/C32H43ClN6O7S2.C12H17N3O3.C8H9NO.C2H6O.CH5N/c1-47-48-20-27(38-28(42)14-9-21-5-10-23(33)11-6-21)32(46)39-26(18-22-7-12-24(41)13-8-22)31(45)36-19-29(43)37-25(4-2-3-15-34)30(44)35-16-17-40;1-14-7-11(17)15-10(12(13)18)6-8-2-4-9(16)5-3-8;1-6-2-4-7(5-3-6)8(9)10;1-2-3;1-2/h5-8,10-13,17,25-27,41H,2-4,9,14-16,18-20,34H2,1H3,(H,35,44)(H,36,45)(H,37,43)(H,38,42)(H,39,46);2-5,10,14,16H,6-7H2,1H3,(H2,13,18)(H,15,17);2-5H,1H3,(H2,9,10);3H,2H2,1H3;2H2,1H3. The Balaban J connectivity index is 0.00000156. The van der Waals surface area contributed by atoms with Crippen LogP contribution in [0, 0.1) is 6.92 Å². The molecule has 0 aromatic heterocycles. The number of aryl methyl sites for hydroxylation is 2. The molecule has 0 heterocycles. The second kappa shape index (κ2) is 44.5. The third kappa shape index (κ3) is 34.5. The summed E-state index contributed by atoms with van der Waals surface area (Å²) in [7, 11) is 5.92. The van der Waals surface area contributed by atoms with E-state index < -0.39 is 60.2 Å².